The van der Waals surface area contributed by atoms with E-state index >= 15 is 0 Å². The number of hydrogen-bond donors (Lipinski definition) is 1. The van der Waals surface area contributed by atoms with Crippen LogP contribution < -0.4 is 24.3 Å². The highest BCUT2D eigenvalue weighted by Gasteiger charge is 2.33. The van der Waals surface area contributed by atoms with Crippen LogP contribution in [0.3, 0.4) is 0 Å². The fourth-order valence-electron chi connectivity index (χ4n) is 6.02. The Morgan fingerprint density at radius 2 is 1.33 bits per heavy atom. The van der Waals surface area contributed by atoms with Gasteiger partial charge in [0.25, 0.3) is 5.91 Å². The van der Waals surface area contributed by atoms with Gasteiger partial charge in [-0.2, -0.15) is 0 Å². The summed E-state index contributed by atoms with van der Waals surface area (Å²) in [4.78, 5) is 27.8. The molecule has 3 aromatic carbocycles. The molecule has 0 spiro atoms. The van der Waals surface area contributed by atoms with E-state index in [0.29, 0.717) is 35.7 Å². The number of carbonyl (C=O) groups excluding carboxylic acids is 2. The zero-order valence-electron chi connectivity index (χ0n) is 30.0. The molecular weight excluding hydrogens is 678 g/mol. The zero-order valence-corrected chi connectivity index (χ0v) is 30.0. The van der Waals surface area contributed by atoms with Gasteiger partial charge in [-0.3, -0.25) is 9.59 Å². The molecule has 0 unspecified atom stereocenters. The van der Waals surface area contributed by atoms with Crippen LogP contribution in [0.1, 0.15) is 69.4 Å². The molecule has 3 aromatic rings. The third-order valence-corrected chi connectivity index (χ3v) is 8.41. The summed E-state index contributed by atoms with van der Waals surface area (Å²) in [6.45, 7) is 0.836. The first-order valence-corrected chi connectivity index (χ1v) is 17.0. The minimum Gasteiger partial charge on any atom is -0.468 e. The smallest absolute Gasteiger partial charge is 0.251 e. The Morgan fingerprint density at radius 1 is 0.712 bits per heavy atom. The van der Waals surface area contributed by atoms with E-state index < -0.39 is 12.1 Å². The monoisotopic (exact) mass is 725 g/mol. The Morgan fingerprint density at radius 3 is 1.96 bits per heavy atom. The fourth-order valence-corrected chi connectivity index (χ4v) is 6.02. The van der Waals surface area contributed by atoms with Crippen LogP contribution in [0.4, 0.5) is 0 Å². The van der Waals surface area contributed by atoms with Crippen molar-refractivity contribution in [2.75, 3.05) is 68.8 Å². The van der Waals surface area contributed by atoms with Crippen molar-refractivity contribution in [1.82, 2.24) is 5.32 Å². The van der Waals surface area contributed by atoms with Gasteiger partial charge < -0.3 is 57.4 Å². The Labute approximate surface area is 303 Å². The number of nitrogens with one attached hydrogen (secondary N) is 1. The second-order valence-corrected chi connectivity index (χ2v) is 12.0. The van der Waals surface area contributed by atoms with Crippen LogP contribution in [0.15, 0.2) is 54.6 Å². The molecule has 1 N–H and O–H groups in total. The minimum atomic E-state index is -0.785. The second kappa shape index (κ2) is 20.1. The van der Waals surface area contributed by atoms with Crippen LogP contribution in [-0.2, 0) is 39.8 Å². The van der Waals surface area contributed by atoms with Crippen LogP contribution in [0, 0.1) is 0 Å². The molecule has 2 aliphatic rings. The summed E-state index contributed by atoms with van der Waals surface area (Å²) in [6.07, 6.45) is 2.12. The lowest BCUT2D eigenvalue weighted by atomic mass is 9.94. The van der Waals surface area contributed by atoms with Crippen molar-refractivity contribution in [1.29, 1.82) is 0 Å². The molecule has 1 heterocycles. The van der Waals surface area contributed by atoms with Crippen LogP contribution in [-0.4, -0.2) is 92.7 Å². The predicted octanol–water partition coefficient (Wildman–Crippen LogP) is 5.15. The van der Waals surface area contributed by atoms with E-state index in [0.717, 1.165) is 25.7 Å². The highest BCUT2D eigenvalue weighted by Crippen LogP contribution is 2.39. The second-order valence-electron chi connectivity index (χ2n) is 12.0. The molecule has 2 atom stereocenters. The van der Waals surface area contributed by atoms with Gasteiger partial charge in [0.1, 0.15) is 28.6 Å². The van der Waals surface area contributed by atoms with Crippen molar-refractivity contribution in [3.05, 3.63) is 82.4 Å². The van der Waals surface area contributed by atoms with Crippen molar-refractivity contribution in [2.24, 2.45) is 0 Å². The summed E-state index contributed by atoms with van der Waals surface area (Å²) in [7, 11) is 6.01. The molecule has 0 radical (unpaired) electrons. The van der Waals surface area contributed by atoms with Crippen molar-refractivity contribution >= 4 is 11.7 Å². The van der Waals surface area contributed by atoms with Crippen molar-refractivity contribution in [3.63, 3.8) is 0 Å². The standard InChI is InChI=1S/C38H47NO13/c1-42-21-49-27-14-12-26(13-15-27)37(41)39-29-9-6-10-30(29)48-20-25-18-32(51-23-44-3)35(33(19-25)52-24-45-4)36(40)34-28(38-46-16-7-17-47-38)8-5-11-31(34)50-22-43-2/h5,8,11-15,18-19,29-30,38H,6-7,9-10,16-17,20-24H2,1-4H3,(H,39,41)/t29-,30-/m1/s1. The van der Waals surface area contributed by atoms with E-state index in [1.165, 1.54) is 21.3 Å². The highest BCUT2D eigenvalue weighted by atomic mass is 16.7. The van der Waals surface area contributed by atoms with E-state index in [-0.39, 0.29) is 80.2 Å². The van der Waals surface area contributed by atoms with Gasteiger partial charge in [-0.15, -0.1) is 0 Å². The number of hydrogen-bond acceptors (Lipinski definition) is 13. The van der Waals surface area contributed by atoms with Gasteiger partial charge in [0.05, 0.1) is 37.5 Å². The first-order valence-electron chi connectivity index (χ1n) is 17.0. The molecule has 1 amide bonds. The van der Waals surface area contributed by atoms with Crippen molar-refractivity contribution in [2.45, 2.75) is 50.7 Å². The summed E-state index contributed by atoms with van der Waals surface area (Å²) in [6, 6.07) is 15.3. The van der Waals surface area contributed by atoms with Gasteiger partial charge in [0, 0.05) is 39.6 Å². The Kier molecular flexibility index (Phi) is 15.0. The Hall–Kier alpha value is -4.28. The van der Waals surface area contributed by atoms with Crippen molar-refractivity contribution in [3.8, 4) is 23.0 Å². The van der Waals surface area contributed by atoms with Gasteiger partial charge in [-0.25, -0.2) is 0 Å². The largest absolute Gasteiger partial charge is 0.468 e. The zero-order chi connectivity index (χ0) is 36.7. The maximum Gasteiger partial charge on any atom is 0.251 e. The van der Waals surface area contributed by atoms with E-state index in [4.69, 9.17) is 52.1 Å². The van der Waals surface area contributed by atoms with Crippen LogP contribution >= 0.6 is 0 Å². The van der Waals surface area contributed by atoms with Crippen LogP contribution in [0.5, 0.6) is 23.0 Å². The number of ether oxygens (including phenoxy) is 11. The average molecular weight is 726 g/mol. The molecule has 14 nitrogen and oxygen atoms in total. The normalized spacial score (nSPS) is 17.5. The van der Waals surface area contributed by atoms with Gasteiger partial charge >= 0.3 is 0 Å². The highest BCUT2D eigenvalue weighted by molar-refractivity contribution is 6.15. The Bertz CT molecular complexity index is 1560. The topological polar surface area (TPSA) is 148 Å². The first-order chi connectivity index (χ1) is 25.5. The summed E-state index contributed by atoms with van der Waals surface area (Å²) in [5, 5.41) is 3.12. The number of rotatable bonds is 20. The third kappa shape index (κ3) is 10.2. The van der Waals surface area contributed by atoms with Gasteiger partial charge in [0.15, 0.2) is 33.5 Å². The number of ketones is 1. The van der Waals surface area contributed by atoms with Crippen molar-refractivity contribution < 1.29 is 61.7 Å². The molecule has 1 aliphatic heterocycles. The van der Waals surface area contributed by atoms with E-state index in [2.05, 4.69) is 5.32 Å². The molecule has 0 aromatic heterocycles. The summed E-state index contributed by atoms with van der Waals surface area (Å²) in [5.74, 6) is 0.616. The molecule has 5 rings (SSSR count). The molecule has 1 saturated heterocycles. The number of amides is 1. The lowest BCUT2D eigenvalue weighted by Crippen LogP contribution is -2.41. The maximum absolute atomic E-state index is 14.7. The SMILES string of the molecule is COCOc1ccc(C(=O)N[C@@H]2CCC[C@H]2OCc2cc(OCOC)c(C(=O)c3c(OCOC)cccc3C3OCCCO3)c(OCOC)c2)cc1. The number of methoxy groups -OCH3 is 4. The van der Waals surface area contributed by atoms with Gasteiger partial charge in [-0.05, 0) is 73.7 Å². The van der Waals surface area contributed by atoms with E-state index in [1.807, 2.05) is 0 Å². The molecule has 1 aliphatic carbocycles. The average Bonchev–Trinajstić information content (AvgIpc) is 3.63. The molecule has 2 fully saturated rings. The predicted molar refractivity (Wildman–Crippen MR) is 186 cm³/mol. The summed E-state index contributed by atoms with van der Waals surface area (Å²) < 4.78 is 62.0. The number of carbonyl (C=O) groups is 2. The molecule has 14 heteroatoms. The van der Waals surface area contributed by atoms with Gasteiger partial charge in [0.2, 0.25) is 5.78 Å². The molecule has 52 heavy (non-hydrogen) atoms. The van der Waals surface area contributed by atoms with Crippen LogP contribution in [0.25, 0.3) is 0 Å². The maximum atomic E-state index is 14.7. The lowest BCUT2D eigenvalue weighted by Gasteiger charge is -2.26. The van der Waals surface area contributed by atoms with Crippen LogP contribution in [0.2, 0.25) is 0 Å². The minimum absolute atomic E-state index is 0.0921. The quantitative estimate of drug-likeness (QED) is 0.121. The summed E-state index contributed by atoms with van der Waals surface area (Å²) in [5.41, 5.74) is 2.00. The fraction of sp³-hybridized carbons (Fsp3) is 0.474. The van der Waals surface area contributed by atoms with E-state index in [9.17, 15) is 9.59 Å². The first kappa shape index (κ1) is 38.9. The summed E-state index contributed by atoms with van der Waals surface area (Å²) >= 11 is 0. The molecule has 282 valence electrons. The van der Waals surface area contributed by atoms with E-state index in [1.54, 1.807) is 61.7 Å². The number of benzene rings is 3. The van der Waals surface area contributed by atoms with Gasteiger partial charge in [-0.1, -0.05) is 12.1 Å². The molecular formula is C38H47NO13. The molecule has 1 saturated carbocycles. The molecule has 0 bridgehead atoms. The lowest BCUT2D eigenvalue weighted by molar-refractivity contribution is -0.183. The third-order valence-electron chi connectivity index (χ3n) is 8.41. The Balaban J connectivity index is 1.40.